The van der Waals surface area contributed by atoms with Crippen molar-refractivity contribution in [1.82, 2.24) is 0 Å². The number of benzene rings is 2. The van der Waals surface area contributed by atoms with Crippen LogP contribution in [0.1, 0.15) is 11.1 Å². The van der Waals surface area contributed by atoms with E-state index in [1.165, 1.54) is 0 Å². The van der Waals surface area contributed by atoms with E-state index in [0.29, 0.717) is 0 Å². The van der Waals surface area contributed by atoms with Gasteiger partial charge in [0.05, 0.1) is 11.6 Å². The Labute approximate surface area is 131 Å². The number of rotatable bonds is 3. The van der Waals surface area contributed by atoms with E-state index in [9.17, 15) is 8.78 Å². The smallest absolute Gasteiger partial charge is 0.132 e. The van der Waals surface area contributed by atoms with Gasteiger partial charge in [-0.15, -0.1) is 0 Å². The van der Waals surface area contributed by atoms with E-state index in [1.807, 2.05) is 12.1 Å². The van der Waals surface area contributed by atoms with Crippen molar-refractivity contribution in [3.05, 3.63) is 62.0 Å². The molecule has 2 nitrogen and oxygen atoms in total. The van der Waals surface area contributed by atoms with Gasteiger partial charge < -0.3 is 5.32 Å². The lowest BCUT2D eigenvalue weighted by molar-refractivity contribution is 0.559. The number of halogens is 4. The highest BCUT2D eigenvalue weighted by Crippen LogP contribution is 2.27. The normalized spacial score (nSPS) is 10.2. The second-order valence-electron chi connectivity index (χ2n) is 4.01. The Morgan fingerprint density at radius 3 is 2.30 bits per heavy atom. The van der Waals surface area contributed by atoms with Crippen LogP contribution in [0.15, 0.2) is 39.3 Å². The van der Waals surface area contributed by atoms with Gasteiger partial charge in [0, 0.05) is 26.7 Å². The third-order valence-corrected chi connectivity index (χ3v) is 3.81. The lowest BCUT2D eigenvalue weighted by Crippen LogP contribution is -2.05. The molecule has 0 atom stereocenters. The van der Waals surface area contributed by atoms with Gasteiger partial charge in [0.25, 0.3) is 0 Å². The quantitative estimate of drug-likeness (QED) is 0.787. The molecular formula is C14H8Br2F2N2. The van der Waals surface area contributed by atoms with Crippen molar-refractivity contribution in [2.24, 2.45) is 0 Å². The molecule has 20 heavy (non-hydrogen) atoms. The summed E-state index contributed by atoms with van der Waals surface area (Å²) in [5.74, 6) is -1.47. The molecule has 2 rings (SSSR count). The Morgan fingerprint density at radius 2 is 1.75 bits per heavy atom. The largest absolute Gasteiger partial charge is 0.380 e. The minimum atomic E-state index is -0.734. The number of nitriles is 1. The van der Waals surface area contributed by atoms with Crippen LogP contribution in [0.3, 0.4) is 0 Å². The van der Waals surface area contributed by atoms with Gasteiger partial charge in [-0.2, -0.15) is 5.26 Å². The molecule has 0 aliphatic carbocycles. The number of nitrogens with zero attached hydrogens (tertiary/aromatic N) is 1. The second kappa shape index (κ2) is 6.33. The van der Waals surface area contributed by atoms with E-state index in [1.54, 1.807) is 12.1 Å². The highest BCUT2D eigenvalue weighted by molar-refractivity contribution is 9.11. The Kier molecular flexibility index (Phi) is 4.73. The van der Waals surface area contributed by atoms with Gasteiger partial charge in [0.1, 0.15) is 11.6 Å². The van der Waals surface area contributed by atoms with Crippen LogP contribution in [-0.2, 0) is 6.54 Å². The van der Waals surface area contributed by atoms with Crippen LogP contribution in [-0.4, -0.2) is 0 Å². The molecule has 0 saturated carbocycles. The molecule has 0 spiro atoms. The molecule has 0 radical (unpaired) electrons. The molecule has 2 aromatic carbocycles. The minimum absolute atomic E-state index is 0.0103. The van der Waals surface area contributed by atoms with Crippen molar-refractivity contribution < 1.29 is 8.78 Å². The first-order valence-corrected chi connectivity index (χ1v) is 7.17. The highest BCUT2D eigenvalue weighted by atomic mass is 79.9. The fourth-order valence-corrected chi connectivity index (χ4v) is 2.84. The molecule has 0 amide bonds. The number of hydrogen-bond donors (Lipinski definition) is 1. The summed E-state index contributed by atoms with van der Waals surface area (Å²) in [6, 6.07) is 9.19. The monoisotopic (exact) mass is 400 g/mol. The number of hydrogen-bond acceptors (Lipinski definition) is 2. The van der Waals surface area contributed by atoms with Crippen molar-refractivity contribution in [2.45, 2.75) is 6.54 Å². The zero-order valence-corrected chi connectivity index (χ0v) is 13.2. The van der Waals surface area contributed by atoms with E-state index in [2.05, 4.69) is 37.2 Å². The molecule has 0 aromatic heterocycles. The molecule has 0 saturated heterocycles. The zero-order chi connectivity index (χ0) is 14.7. The van der Waals surface area contributed by atoms with Gasteiger partial charge in [-0.05, 0) is 46.3 Å². The van der Waals surface area contributed by atoms with E-state index < -0.39 is 11.6 Å². The first-order valence-electron chi connectivity index (χ1n) is 5.58. The van der Waals surface area contributed by atoms with Crippen molar-refractivity contribution in [3.8, 4) is 6.07 Å². The number of anilines is 1. The van der Waals surface area contributed by atoms with E-state index >= 15 is 0 Å². The van der Waals surface area contributed by atoms with E-state index in [-0.39, 0.29) is 17.7 Å². The predicted octanol–water partition coefficient (Wildman–Crippen LogP) is 4.97. The summed E-state index contributed by atoms with van der Waals surface area (Å²) in [6.07, 6.45) is 0. The Bertz CT molecular complexity index is 673. The summed E-state index contributed by atoms with van der Waals surface area (Å²) in [5.41, 5.74) is 0.587. The summed E-state index contributed by atoms with van der Waals surface area (Å²) in [4.78, 5) is 0. The van der Waals surface area contributed by atoms with Gasteiger partial charge in [-0.1, -0.05) is 15.9 Å². The van der Waals surface area contributed by atoms with Crippen molar-refractivity contribution >= 4 is 37.5 Å². The lowest BCUT2D eigenvalue weighted by Gasteiger charge is -2.10. The Morgan fingerprint density at radius 1 is 1.10 bits per heavy atom. The maximum Gasteiger partial charge on any atom is 0.132 e. The summed E-state index contributed by atoms with van der Waals surface area (Å²) in [5, 5.41) is 11.6. The third kappa shape index (κ3) is 3.35. The molecule has 0 bridgehead atoms. The van der Waals surface area contributed by atoms with Gasteiger partial charge in [0.15, 0.2) is 0 Å². The average molecular weight is 402 g/mol. The molecule has 0 fully saturated rings. The maximum atomic E-state index is 13.7. The lowest BCUT2D eigenvalue weighted by atomic mass is 10.1. The number of nitrogens with one attached hydrogen (secondary N) is 1. The minimum Gasteiger partial charge on any atom is -0.380 e. The predicted molar refractivity (Wildman–Crippen MR) is 80.2 cm³/mol. The van der Waals surface area contributed by atoms with Gasteiger partial charge in [-0.25, -0.2) is 8.78 Å². The van der Waals surface area contributed by atoms with Gasteiger partial charge in [-0.3, -0.25) is 0 Å². The highest BCUT2D eigenvalue weighted by Gasteiger charge is 2.11. The fourth-order valence-electron chi connectivity index (χ4n) is 1.65. The Balaban J connectivity index is 2.21. The van der Waals surface area contributed by atoms with Crippen molar-refractivity contribution in [1.29, 1.82) is 5.26 Å². The second-order valence-corrected chi connectivity index (χ2v) is 5.78. The van der Waals surface area contributed by atoms with E-state index in [0.717, 1.165) is 26.8 Å². The van der Waals surface area contributed by atoms with Gasteiger partial charge in [0.2, 0.25) is 0 Å². The average Bonchev–Trinajstić information content (AvgIpc) is 2.39. The fraction of sp³-hybridized carbons (Fsp3) is 0.0714. The maximum absolute atomic E-state index is 13.7. The van der Waals surface area contributed by atoms with Crippen LogP contribution in [0, 0.1) is 23.0 Å². The Hall–Kier alpha value is -1.45. The van der Waals surface area contributed by atoms with Crippen LogP contribution in [0.4, 0.5) is 14.5 Å². The van der Waals surface area contributed by atoms with Crippen molar-refractivity contribution in [2.75, 3.05) is 5.32 Å². The molecule has 0 heterocycles. The molecular weight excluding hydrogens is 394 g/mol. The first-order chi connectivity index (χ1) is 9.51. The third-order valence-electron chi connectivity index (χ3n) is 2.66. The summed E-state index contributed by atoms with van der Waals surface area (Å²) < 4.78 is 29.1. The zero-order valence-electron chi connectivity index (χ0n) is 10.1. The van der Waals surface area contributed by atoms with Crippen LogP contribution < -0.4 is 5.32 Å². The topological polar surface area (TPSA) is 35.8 Å². The summed E-state index contributed by atoms with van der Waals surface area (Å²) in [6.45, 7) is -0.0103. The molecule has 6 heteroatoms. The SMILES string of the molecule is N#Cc1cc(F)c(CNc2ccc(Br)cc2Br)c(F)c1. The van der Waals surface area contributed by atoms with Crippen LogP contribution in [0.25, 0.3) is 0 Å². The van der Waals surface area contributed by atoms with Gasteiger partial charge >= 0.3 is 0 Å². The van der Waals surface area contributed by atoms with E-state index in [4.69, 9.17) is 5.26 Å². The molecule has 0 aliphatic rings. The molecule has 2 aromatic rings. The summed E-state index contributed by atoms with van der Waals surface area (Å²) in [7, 11) is 0. The standard InChI is InChI=1S/C14H8Br2F2N2/c15-9-1-2-14(11(16)5-9)20-7-10-12(17)3-8(6-19)4-13(10)18/h1-5,20H,7H2. The van der Waals surface area contributed by atoms with Crippen LogP contribution >= 0.6 is 31.9 Å². The summed E-state index contributed by atoms with van der Waals surface area (Å²) >= 11 is 6.68. The molecule has 0 aliphatic heterocycles. The van der Waals surface area contributed by atoms with Crippen molar-refractivity contribution in [3.63, 3.8) is 0 Å². The molecule has 0 unspecified atom stereocenters. The first kappa shape index (κ1) is 14.9. The molecule has 1 N–H and O–H groups in total. The molecule has 102 valence electrons. The van der Waals surface area contributed by atoms with Crippen LogP contribution in [0.5, 0.6) is 0 Å². The van der Waals surface area contributed by atoms with Crippen LogP contribution in [0.2, 0.25) is 0 Å².